The number of amides is 2. The lowest BCUT2D eigenvalue weighted by molar-refractivity contribution is -0.117. The molecule has 3 aromatic rings. The van der Waals surface area contributed by atoms with Crippen LogP contribution in [0, 0.1) is 5.92 Å². The number of carbonyl (C=O) groups is 2. The molecule has 2 aliphatic heterocycles. The molecule has 1 saturated carbocycles. The van der Waals surface area contributed by atoms with Gasteiger partial charge in [0, 0.05) is 29.6 Å². The largest absolute Gasteiger partial charge is 0.340 e. The second-order valence-electron chi connectivity index (χ2n) is 9.99. The van der Waals surface area contributed by atoms with Crippen molar-refractivity contribution in [3.63, 3.8) is 0 Å². The molecule has 2 N–H and O–H groups in total. The van der Waals surface area contributed by atoms with Gasteiger partial charge in [-0.3, -0.25) is 9.59 Å². The van der Waals surface area contributed by atoms with Gasteiger partial charge < -0.3 is 15.5 Å². The number of thioether (sulfide) groups is 1. The van der Waals surface area contributed by atoms with E-state index in [1.165, 1.54) is 5.56 Å². The van der Waals surface area contributed by atoms with Gasteiger partial charge in [0.25, 0.3) is 5.91 Å². The monoisotopic (exact) mass is 522 g/mol. The zero-order valence-electron chi connectivity index (χ0n) is 21.3. The van der Waals surface area contributed by atoms with Crippen LogP contribution in [-0.2, 0) is 9.59 Å². The molecule has 1 saturated heterocycles. The summed E-state index contributed by atoms with van der Waals surface area (Å²) in [6.45, 7) is 2.73. The molecule has 6 nitrogen and oxygen atoms in total. The summed E-state index contributed by atoms with van der Waals surface area (Å²) in [5, 5.41) is 7.15. The molecule has 0 radical (unpaired) electrons. The number of amidine groups is 1. The molecular formula is C31H30N4O2S. The Hall–Kier alpha value is -3.84. The number of benzene rings is 3. The molecule has 6 rings (SSSR count). The van der Waals surface area contributed by atoms with Crippen LogP contribution in [0.3, 0.4) is 0 Å². The van der Waals surface area contributed by atoms with Crippen molar-refractivity contribution in [2.75, 3.05) is 22.9 Å². The number of hydrogen-bond acceptors (Lipinski definition) is 5. The fourth-order valence-electron chi connectivity index (χ4n) is 5.40. The fraction of sp³-hybridized carbons (Fsp3) is 0.258. The minimum atomic E-state index is -0.283. The SMILES string of the molecule is CC1=C(C(=O)Nc2ccccc2)C(c2cccc(NC(=O)C3CC3c3ccccc3)c2)N2CCCSC2=N1. The van der Waals surface area contributed by atoms with Crippen molar-refractivity contribution < 1.29 is 9.59 Å². The number of allylic oxidation sites excluding steroid dienone is 1. The van der Waals surface area contributed by atoms with E-state index in [2.05, 4.69) is 27.7 Å². The first-order valence-corrected chi connectivity index (χ1v) is 14.1. The molecule has 0 bridgehead atoms. The number of aliphatic imine (C=N–C) groups is 1. The van der Waals surface area contributed by atoms with E-state index in [-0.39, 0.29) is 29.7 Å². The van der Waals surface area contributed by atoms with Crippen LogP contribution in [-0.4, -0.2) is 34.2 Å². The average molecular weight is 523 g/mol. The summed E-state index contributed by atoms with van der Waals surface area (Å²) >= 11 is 1.73. The number of anilines is 2. The highest BCUT2D eigenvalue weighted by molar-refractivity contribution is 8.13. The first kappa shape index (κ1) is 24.5. The van der Waals surface area contributed by atoms with Crippen LogP contribution in [0.1, 0.15) is 42.9 Å². The molecule has 2 heterocycles. The van der Waals surface area contributed by atoms with Gasteiger partial charge in [-0.05, 0) is 61.1 Å². The van der Waals surface area contributed by atoms with Gasteiger partial charge >= 0.3 is 0 Å². The third-order valence-corrected chi connectivity index (χ3v) is 8.44. The van der Waals surface area contributed by atoms with Crippen LogP contribution in [0.4, 0.5) is 11.4 Å². The van der Waals surface area contributed by atoms with Crippen molar-refractivity contribution in [3.05, 3.63) is 107 Å². The summed E-state index contributed by atoms with van der Waals surface area (Å²) in [5.74, 6) is 1.17. The van der Waals surface area contributed by atoms with Crippen LogP contribution >= 0.6 is 11.8 Å². The highest BCUT2D eigenvalue weighted by atomic mass is 32.2. The van der Waals surface area contributed by atoms with Crippen molar-refractivity contribution in [1.82, 2.24) is 4.90 Å². The van der Waals surface area contributed by atoms with Gasteiger partial charge in [0.15, 0.2) is 5.17 Å². The summed E-state index contributed by atoms with van der Waals surface area (Å²) in [4.78, 5) is 33.8. The third-order valence-electron chi connectivity index (χ3n) is 7.36. The second-order valence-corrected chi connectivity index (χ2v) is 11.0. The first-order valence-electron chi connectivity index (χ1n) is 13.1. The Morgan fingerprint density at radius 3 is 2.39 bits per heavy atom. The van der Waals surface area contributed by atoms with Crippen LogP contribution in [0.15, 0.2) is 101 Å². The van der Waals surface area contributed by atoms with E-state index < -0.39 is 0 Å². The molecular weight excluding hydrogens is 492 g/mol. The Labute approximate surface area is 227 Å². The maximum atomic E-state index is 13.6. The van der Waals surface area contributed by atoms with Gasteiger partial charge in [-0.2, -0.15) is 0 Å². The zero-order valence-corrected chi connectivity index (χ0v) is 22.1. The van der Waals surface area contributed by atoms with Gasteiger partial charge in [-0.15, -0.1) is 0 Å². The lowest BCUT2D eigenvalue weighted by Gasteiger charge is -2.41. The average Bonchev–Trinajstić information content (AvgIpc) is 3.75. The minimum absolute atomic E-state index is 0.0117. The summed E-state index contributed by atoms with van der Waals surface area (Å²) in [7, 11) is 0. The van der Waals surface area contributed by atoms with Crippen LogP contribution in [0.25, 0.3) is 0 Å². The van der Waals surface area contributed by atoms with Gasteiger partial charge in [0.05, 0.1) is 17.3 Å². The molecule has 192 valence electrons. The van der Waals surface area contributed by atoms with Gasteiger partial charge in [0.1, 0.15) is 0 Å². The number of nitrogens with one attached hydrogen (secondary N) is 2. The first-order chi connectivity index (χ1) is 18.6. The molecule has 7 heteroatoms. The minimum Gasteiger partial charge on any atom is -0.340 e. The number of carbonyl (C=O) groups excluding carboxylic acids is 2. The van der Waals surface area contributed by atoms with E-state index in [0.29, 0.717) is 5.57 Å². The normalized spacial score (nSPS) is 22.3. The maximum absolute atomic E-state index is 13.6. The molecule has 3 aliphatic rings. The van der Waals surface area contributed by atoms with Crippen LogP contribution < -0.4 is 10.6 Å². The molecule has 0 aromatic heterocycles. The molecule has 2 fully saturated rings. The lowest BCUT2D eigenvalue weighted by atomic mass is 9.93. The third kappa shape index (κ3) is 4.98. The van der Waals surface area contributed by atoms with E-state index in [1.807, 2.05) is 79.7 Å². The second kappa shape index (κ2) is 10.5. The Bertz CT molecular complexity index is 1420. The highest BCUT2D eigenvalue weighted by Gasteiger charge is 2.44. The topological polar surface area (TPSA) is 73.8 Å². The van der Waals surface area contributed by atoms with Crippen molar-refractivity contribution in [2.45, 2.75) is 31.7 Å². The van der Waals surface area contributed by atoms with Crippen LogP contribution in [0.2, 0.25) is 0 Å². The molecule has 3 aromatic carbocycles. The van der Waals surface area contributed by atoms with E-state index in [4.69, 9.17) is 4.99 Å². The van der Waals surface area contributed by atoms with E-state index in [1.54, 1.807) is 11.8 Å². The van der Waals surface area contributed by atoms with E-state index >= 15 is 0 Å². The summed E-state index contributed by atoms with van der Waals surface area (Å²) in [6, 6.07) is 27.4. The molecule has 38 heavy (non-hydrogen) atoms. The van der Waals surface area contributed by atoms with Crippen molar-refractivity contribution in [2.24, 2.45) is 10.9 Å². The highest BCUT2D eigenvalue weighted by Crippen LogP contribution is 2.48. The predicted molar refractivity (Wildman–Crippen MR) is 154 cm³/mol. The number of fused-ring (bicyclic) bond motifs is 1. The lowest BCUT2D eigenvalue weighted by Crippen LogP contribution is -2.43. The Balaban J connectivity index is 1.27. The maximum Gasteiger partial charge on any atom is 0.255 e. The molecule has 1 aliphatic carbocycles. The standard InChI is InChI=1S/C31H30N4O2S/c1-20-27(30(37)33-23-13-6-3-7-14-23)28(35-16-9-17-38-31(35)32-20)22-12-8-15-24(18-22)34-29(36)26-19-25(26)21-10-4-2-5-11-21/h2-8,10-15,18,25-26,28H,9,16-17,19H2,1H3,(H,33,37)(H,34,36). The Morgan fingerprint density at radius 2 is 1.61 bits per heavy atom. The molecule has 2 amide bonds. The zero-order chi connectivity index (χ0) is 26.1. The molecule has 3 atom stereocenters. The van der Waals surface area contributed by atoms with E-state index in [0.717, 1.165) is 52.9 Å². The number of hydrogen-bond donors (Lipinski definition) is 2. The Morgan fingerprint density at radius 1 is 0.895 bits per heavy atom. The quantitative estimate of drug-likeness (QED) is 0.405. The van der Waals surface area contributed by atoms with Gasteiger partial charge in [0.2, 0.25) is 5.91 Å². The van der Waals surface area contributed by atoms with Crippen molar-refractivity contribution >= 4 is 40.1 Å². The summed E-state index contributed by atoms with van der Waals surface area (Å²) in [5.41, 5.74) is 5.04. The number of rotatable bonds is 6. The summed E-state index contributed by atoms with van der Waals surface area (Å²) < 4.78 is 0. The van der Waals surface area contributed by atoms with Gasteiger partial charge in [-0.25, -0.2) is 4.99 Å². The van der Waals surface area contributed by atoms with E-state index in [9.17, 15) is 9.59 Å². The predicted octanol–water partition coefficient (Wildman–Crippen LogP) is 6.19. The van der Waals surface area contributed by atoms with Gasteiger partial charge in [-0.1, -0.05) is 72.4 Å². The Kier molecular flexibility index (Phi) is 6.77. The number of para-hydroxylation sites is 1. The van der Waals surface area contributed by atoms with Crippen LogP contribution in [0.5, 0.6) is 0 Å². The smallest absolute Gasteiger partial charge is 0.255 e. The molecule has 0 spiro atoms. The molecule has 3 unspecified atom stereocenters. The van der Waals surface area contributed by atoms with Crippen molar-refractivity contribution in [1.29, 1.82) is 0 Å². The van der Waals surface area contributed by atoms with Crippen molar-refractivity contribution in [3.8, 4) is 0 Å². The number of nitrogens with zero attached hydrogens (tertiary/aromatic N) is 2. The fourth-order valence-corrected chi connectivity index (χ4v) is 6.42. The summed E-state index contributed by atoms with van der Waals surface area (Å²) in [6.07, 6.45) is 1.89.